The normalized spacial score (nSPS) is 12.2. The molecule has 1 aromatic carbocycles. The lowest BCUT2D eigenvalue weighted by Crippen LogP contribution is -2.00. The number of unbranched alkanes of at least 4 members (excludes halogenated alkanes) is 1. The van der Waals surface area contributed by atoms with Gasteiger partial charge in [-0.05, 0) is 25.0 Å². The van der Waals surface area contributed by atoms with Crippen LogP contribution in [0.15, 0.2) is 36.4 Å². The molecule has 2 rings (SSSR count). The molecule has 0 radical (unpaired) electrons. The molecule has 0 aliphatic carbocycles. The minimum absolute atomic E-state index is 0.520. The van der Waals surface area contributed by atoms with Crippen molar-refractivity contribution in [1.82, 2.24) is 4.98 Å². The largest absolute Gasteiger partial charge is 0.387 e. The maximum absolute atomic E-state index is 9.98. The van der Waals surface area contributed by atoms with E-state index in [0.29, 0.717) is 12.8 Å². The van der Waals surface area contributed by atoms with Crippen LogP contribution >= 0.6 is 0 Å². The van der Waals surface area contributed by atoms with Gasteiger partial charge in [0.15, 0.2) is 0 Å². The predicted molar refractivity (Wildman–Crippen MR) is 69.4 cm³/mol. The Morgan fingerprint density at radius 3 is 2.88 bits per heavy atom. The van der Waals surface area contributed by atoms with Crippen LogP contribution in [0.25, 0.3) is 10.9 Å². The number of hydrogen-bond donors (Lipinski definition) is 1. The Morgan fingerprint density at radius 2 is 2.06 bits per heavy atom. The fourth-order valence-corrected chi connectivity index (χ4v) is 1.81. The number of aromatic nitrogens is 1. The second-order valence-corrected chi connectivity index (χ2v) is 4.04. The first-order valence-corrected chi connectivity index (χ1v) is 5.78. The average molecular weight is 225 g/mol. The minimum atomic E-state index is -0.520. The molecule has 0 amide bonds. The summed E-state index contributed by atoms with van der Waals surface area (Å²) in [6.45, 7) is 0. The van der Waals surface area contributed by atoms with Crippen molar-refractivity contribution in [1.29, 1.82) is 0 Å². The topological polar surface area (TPSA) is 33.1 Å². The summed E-state index contributed by atoms with van der Waals surface area (Å²) >= 11 is 0. The first-order chi connectivity index (χ1) is 8.31. The van der Waals surface area contributed by atoms with Crippen molar-refractivity contribution in [2.24, 2.45) is 0 Å². The third-order valence-corrected chi connectivity index (χ3v) is 2.76. The molecule has 1 atom stereocenters. The van der Waals surface area contributed by atoms with Crippen molar-refractivity contribution in [2.45, 2.75) is 25.4 Å². The van der Waals surface area contributed by atoms with E-state index in [0.717, 1.165) is 23.0 Å². The number of aliphatic hydroxyl groups is 1. The maximum Gasteiger partial charge on any atom is 0.0960 e. The Hall–Kier alpha value is -1.85. The SMILES string of the molecule is C#CCCCC(O)c1ccc2ccccc2n1. The molecule has 1 heterocycles. The number of pyridine rings is 1. The highest BCUT2D eigenvalue weighted by Crippen LogP contribution is 2.20. The highest BCUT2D eigenvalue weighted by molar-refractivity contribution is 5.78. The standard InChI is InChI=1S/C15H15NO/c1-2-3-4-9-15(17)14-11-10-12-7-5-6-8-13(12)16-14/h1,5-8,10-11,15,17H,3-4,9H2. The van der Waals surface area contributed by atoms with Gasteiger partial charge in [-0.3, -0.25) is 4.98 Å². The van der Waals surface area contributed by atoms with Crippen molar-refractivity contribution < 1.29 is 5.11 Å². The predicted octanol–water partition coefficient (Wildman–Crippen LogP) is 3.07. The molecular formula is C15H15NO. The van der Waals surface area contributed by atoms with Gasteiger partial charge in [0.25, 0.3) is 0 Å². The molecule has 2 heteroatoms. The summed E-state index contributed by atoms with van der Waals surface area (Å²) in [5.41, 5.74) is 1.64. The molecule has 0 aliphatic rings. The van der Waals surface area contributed by atoms with E-state index in [1.807, 2.05) is 36.4 Å². The van der Waals surface area contributed by atoms with E-state index in [1.54, 1.807) is 0 Å². The Labute approximate surface area is 101 Å². The zero-order chi connectivity index (χ0) is 12.1. The van der Waals surface area contributed by atoms with Crippen molar-refractivity contribution in [3.63, 3.8) is 0 Å². The van der Waals surface area contributed by atoms with E-state index in [-0.39, 0.29) is 0 Å². The van der Waals surface area contributed by atoms with Crippen molar-refractivity contribution >= 4 is 10.9 Å². The summed E-state index contributed by atoms with van der Waals surface area (Å²) in [6, 6.07) is 11.8. The molecule has 1 unspecified atom stereocenters. The quantitative estimate of drug-likeness (QED) is 0.640. The monoisotopic (exact) mass is 225 g/mol. The van der Waals surface area contributed by atoms with Gasteiger partial charge in [0.05, 0.1) is 17.3 Å². The number of hydrogen-bond acceptors (Lipinski definition) is 2. The van der Waals surface area contributed by atoms with Gasteiger partial charge in [-0.25, -0.2) is 0 Å². The molecule has 0 saturated heterocycles. The fourth-order valence-electron chi connectivity index (χ4n) is 1.81. The number of para-hydroxylation sites is 1. The second-order valence-electron chi connectivity index (χ2n) is 4.04. The number of rotatable bonds is 4. The van der Waals surface area contributed by atoms with Gasteiger partial charge in [0.2, 0.25) is 0 Å². The highest BCUT2D eigenvalue weighted by atomic mass is 16.3. The van der Waals surface area contributed by atoms with Crippen LogP contribution in [-0.2, 0) is 0 Å². The van der Waals surface area contributed by atoms with Gasteiger partial charge in [-0.1, -0.05) is 24.3 Å². The molecule has 17 heavy (non-hydrogen) atoms. The smallest absolute Gasteiger partial charge is 0.0960 e. The summed E-state index contributed by atoms with van der Waals surface area (Å²) < 4.78 is 0. The number of benzene rings is 1. The van der Waals surface area contributed by atoms with E-state index < -0.39 is 6.10 Å². The van der Waals surface area contributed by atoms with Gasteiger partial charge in [-0.15, -0.1) is 12.3 Å². The van der Waals surface area contributed by atoms with Gasteiger partial charge in [0, 0.05) is 11.8 Å². The van der Waals surface area contributed by atoms with Crippen LogP contribution in [0.3, 0.4) is 0 Å². The summed E-state index contributed by atoms with van der Waals surface area (Å²) in [5.74, 6) is 2.57. The Bertz CT molecular complexity index is 542. The van der Waals surface area contributed by atoms with Gasteiger partial charge >= 0.3 is 0 Å². The molecule has 0 fully saturated rings. The van der Waals surface area contributed by atoms with Gasteiger partial charge in [0.1, 0.15) is 0 Å². The van der Waals surface area contributed by atoms with Crippen LogP contribution in [0.4, 0.5) is 0 Å². The van der Waals surface area contributed by atoms with Crippen LogP contribution < -0.4 is 0 Å². The zero-order valence-electron chi connectivity index (χ0n) is 9.63. The zero-order valence-corrected chi connectivity index (χ0v) is 9.63. The Balaban J connectivity index is 2.16. The summed E-state index contributed by atoms with van der Waals surface area (Å²) in [5, 5.41) is 11.1. The molecule has 0 spiro atoms. The number of fused-ring (bicyclic) bond motifs is 1. The molecule has 1 aromatic heterocycles. The molecule has 0 aliphatic heterocycles. The number of aliphatic hydroxyl groups excluding tert-OH is 1. The Morgan fingerprint density at radius 1 is 1.24 bits per heavy atom. The second kappa shape index (κ2) is 5.47. The van der Waals surface area contributed by atoms with Crippen LogP contribution in [0.2, 0.25) is 0 Å². The van der Waals surface area contributed by atoms with Gasteiger partial charge in [-0.2, -0.15) is 0 Å². The number of nitrogens with zero attached hydrogens (tertiary/aromatic N) is 1. The summed E-state index contributed by atoms with van der Waals surface area (Å²) in [4.78, 5) is 4.45. The molecule has 0 saturated carbocycles. The molecule has 1 N–H and O–H groups in total. The summed E-state index contributed by atoms with van der Waals surface area (Å²) in [7, 11) is 0. The third-order valence-electron chi connectivity index (χ3n) is 2.76. The summed E-state index contributed by atoms with van der Waals surface area (Å²) in [6.07, 6.45) is 6.85. The Kier molecular flexibility index (Phi) is 3.74. The molecule has 86 valence electrons. The molecular weight excluding hydrogens is 210 g/mol. The lowest BCUT2D eigenvalue weighted by molar-refractivity contribution is 0.161. The highest BCUT2D eigenvalue weighted by Gasteiger charge is 2.08. The van der Waals surface area contributed by atoms with Crippen molar-refractivity contribution in [3.05, 3.63) is 42.1 Å². The lowest BCUT2D eigenvalue weighted by atomic mass is 10.1. The van der Waals surface area contributed by atoms with E-state index >= 15 is 0 Å². The van der Waals surface area contributed by atoms with Crippen molar-refractivity contribution in [3.8, 4) is 12.3 Å². The molecule has 2 nitrogen and oxygen atoms in total. The van der Waals surface area contributed by atoms with Gasteiger partial charge < -0.3 is 5.11 Å². The van der Waals surface area contributed by atoms with Crippen LogP contribution in [0, 0.1) is 12.3 Å². The first kappa shape index (κ1) is 11.6. The van der Waals surface area contributed by atoms with Crippen molar-refractivity contribution in [2.75, 3.05) is 0 Å². The average Bonchev–Trinajstić information content (AvgIpc) is 2.38. The third kappa shape index (κ3) is 2.83. The van der Waals surface area contributed by atoms with Crippen LogP contribution in [0.5, 0.6) is 0 Å². The van der Waals surface area contributed by atoms with E-state index in [4.69, 9.17) is 6.42 Å². The van der Waals surface area contributed by atoms with Crippen LogP contribution in [0.1, 0.15) is 31.1 Å². The first-order valence-electron chi connectivity index (χ1n) is 5.78. The van der Waals surface area contributed by atoms with Crippen LogP contribution in [-0.4, -0.2) is 10.1 Å². The molecule has 2 aromatic rings. The lowest BCUT2D eigenvalue weighted by Gasteiger charge is -2.09. The number of terminal acetylenes is 1. The maximum atomic E-state index is 9.98. The van der Waals surface area contributed by atoms with E-state index in [9.17, 15) is 5.11 Å². The molecule has 0 bridgehead atoms. The fraction of sp³-hybridized carbons (Fsp3) is 0.267. The van der Waals surface area contributed by atoms with E-state index in [2.05, 4.69) is 10.9 Å². The van der Waals surface area contributed by atoms with E-state index in [1.165, 1.54) is 0 Å². The minimum Gasteiger partial charge on any atom is -0.387 e.